The Morgan fingerprint density at radius 1 is 1.00 bits per heavy atom. The second-order valence-corrected chi connectivity index (χ2v) is 8.47. The van der Waals surface area contributed by atoms with Crippen LogP contribution >= 0.6 is 11.3 Å². The zero-order valence-electron chi connectivity index (χ0n) is 19.1. The van der Waals surface area contributed by atoms with Crippen LogP contribution < -0.4 is 0 Å². The van der Waals surface area contributed by atoms with E-state index in [0.717, 1.165) is 37.3 Å². The van der Waals surface area contributed by atoms with Crippen molar-refractivity contribution in [3.8, 4) is 11.3 Å². The highest BCUT2D eigenvalue weighted by Gasteiger charge is 2.52. The zero-order valence-corrected chi connectivity index (χ0v) is 19.9. The second kappa shape index (κ2) is 11.1. The summed E-state index contributed by atoms with van der Waals surface area (Å²) in [5.41, 5.74) is 0.0618. The van der Waals surface area contributed by atoms with Gasteiger partial charge in [0.2, 0.25) is 0 Å². The number of nitrogens with zero attached hydrogens (tertiary/aromatic N) is 1. The number of methoxy groups -OCH3 is 1. The topological polar surface area (TPSA) is 110 Å². The number of hydrogen-bond donors (Lipinski definition) is 0. The van der Waals surface area contributed by atoms with Crippen LogP contribution in [-0.4, -0.2) is 61.2 Å². The number of carbonyl (C=O) groups is 3. The third-order valence-electron chi connectivity index (χ3n) is 5.03. The maximum atomic E-state index is 13.8. The minimum atomic E-state index is -1.62. The Morgan fingerprint density at radius 3 is 2.14 bits per heavy atom. The Balaban J connectivity index is 2.08. The number of rotatable bonds is 7. The van der Waals surface area contributed by atoms with Crippen LogP contribution in [0.4, 0.5) is 13.2 Å². The van der Waals surface area contributed by atoms with Gasteiger partial charge in [-0.2, -0.15) is 0 Å². The molecule has 35 heavy (non-hydrogen) atoms. The van der Waals surface area contributed by atoms with Gasteiger partial charge in [0.1, 0.15) is 23.8 Å². The van der Waals surface area contributed by atoms with Gasteiger partial charge in [0.25, 0.3) is 0 Å². The van der Waals surface area contributed by atoms with E-state index >= 15 is 0 Å². The molecule has 0 amide bonds. The highest BCUT2D eigenvalue weighted by atomic mass is 32.1. The standard InChI is InChI=1S/C22H22F3NO8S/c1-9(27)31-7-16-19(32-10(2)28)17(20(33-11(3)29)22(30-4)34-16)21-26-15(8-35-21)12-5-13(23)18(25)14(24)6-12/h5-6,8,16-17,19-20,22H,7H2,1-4H3/t16-,17+,19+,20-,22+/m1/s1. The van der Waals surface area contributed by atoms with Crippen molar-refractivity contribution in [3.63, 3.8) is 0 Å². The molecule has 0 unspecified atom stereocenters. The van der Waals surface area contributed by atoms with Crippen molar-refractivity contribution in [2.24, 2.45) is 0 Å². The maximum absolute atomic E-state index is 13.8. The van der Waals surface area contributed by atoms with Gasteiger partial charge < -0.3 is 23.7 Å². The van der Waals surface area contributed by atoms with Crippen molar-refractivity contribution in [3.05, 3.63) is 40.0 Å². The average molecular weight is 517 g/mol. The third-order valence-corrected chi connectivity index (χ3v) is 5.97. The minimum absolute atomic E-state index is 0.0382. The van der Waals surface area contributed by atoms with E-state index in [4.69, 9.17) is 23.7 Å². The molecule has 0 aliphatic carbocycles. The lowest BCUT2D eigenvalue weighted by atomic mass is 9.88. The zero-order chi connectivity index (χ0) is 25.9. The predicted molar refractivity (Wildman–Crippen MR) is 114 cm³/mol. The van der Waals surface area contributed by atoms with Gasteiger partial charge in [-0.05, 0) is 12.1 Å². The number of esters is 3. The Hall–Kier alpha value is -3.03. The van der Waals surface area contributed by atoms with Gasteiger partial charge in [-0.25, -0.2) is 18.2 Å². The lowest BCUT2D eigenvalue weighted by Gasteiger charge is -2.43. The van der Waals surface area contributed by atoms with Crippen molar-refractivity contribution < 1.29 is 51.2 Å². The molecule has 9 nitrogen and oxygen atoms in total. The molecule has 0 bridgehead atoms. The fourth-order valence-electron chi connectivity index (χ4n) is 3.66. The van der Waals surface area contributed by atoms with Gasteiger partial charge in [-0.15, -0.1) is 11.3 Å². The number of halogens is 3. The van der Waals surface area contributed by atoms with Gasteiger partial charge in [-0.1, -0.05) is 0 Å². The summed E-state index contributed by atoms with van der Waals surface area (Å²) in [6, 6.07) is 1.57. The molecule has 1 aromatic carbocycles. The molecule has 0 radical (unpaired) electrons. The van der Waals surface area contributed by atoms with Crippen LogP contribution in [0.5, 0.6) is 0 Å². The van der Waals surface area contributed by atoms with Gasteiger partial charge in [0, 0.05) is 38.8 Å². The smallest absolute Gasteiger partial charge is 0.303 e. The van der Waals surface area contributed by atoms with Crippen molar-refractivity contribution >= 4 is 29.2 Å². The Labute approximate surface area is 202 Å². The number of hydrogen-bond acceptors (Lipinski definition) is 10. The van der Waals surface area contributed by atoms with Gasteiger partial charge in [0.05, 0.1) is 11.6 Å². The highest BCUT2D eigenvalue weighted by Crippen LogP contribution is 2.41. The summed E-state index contributed by atoms with van der Waals surface area (Å²) in [6.45, 7) is 3.18. The summed E-state index contributed by atoms with van der Waals surface area (Å²) in [6.07, 6.45) is -4.50. The molecule has 0 spiro atoms. The summed E-state index contributed by atoms with van der Waals surface area (Å²) >= 11 is 1.02. The molecule has 1 fully saturated rings. The molecule has 0 N–H and O–H groups in total. The molecule has 0 saturated carbocycles. The average Bonchev–Trinajstić information content (AvgIpc) is 3.25. The predicted octanol–water partition coefficient (Wildman–Crippen LogP) is 3.11. The second-order valence-electron chi connectivity index (χ2n) is 7.58. The van der Waals surface area contributed by atoms with Crippen LogP contribution in [-0.2, 0) is 38.1 Å². The Kier molecular flexibility index (Phi) is 8.46. The van der Waals surface area contributed by atoms with E-state index in [1.807, 2.05) is 0 Å². The van der Waals surface area contributed by atoms with Crippen molar-refractivity contribution in [1.29, 1.82) is 0 Å². The maximum Gasteiger partial charge on any atom is 0.303 e. The summed E-state index contributed by atoms with van der Waals surface area (Å²) in [5.74, 6) is -7.38. The monoisotopic (exact) mass is 517 g/mol. The SMILES string of the molecule is CO[C@H]1O[C@H](COC(C)=O)[C@H](OC(C)=O)[C@H](c2nc(-c3cc(F)c(F)c(F)c3)cs2)[C@H]1OC(C)=O. The van der Waals surface area contributed by atoms with Crippen LogP contribution in [0.3, 0.4) is 0 Å². The number of ether oxygens (including phenoxy) is 5. The van der Waals surface area contributed by atoms with E-state index in [1.165, 1.54) is 19.4 Å². The number of benzene rings is 1. The van der Waals surface area contributed by atoms with Crippen LogP contribution in [0.15, 0.2) is 17.5 Å². The summed E-state index contributed by atoms with van der Waals surface area (Å²) in [7, 11) is 1.30. The molecule has 1 aliphatic heterocycles. The van der Waals surface area contributed by atoms with Gasteiger partial charge in [0.15, 0.2) is 29.8 Å². The van der Waals surface area contributed by atoms with Crippen molar-refractivity contribution in [2.45, 2.75) is 51.3 Å². The summed E-state index contributed by atoms with van der Waals surface area (Å²) in [5, 5.41) is 1.69. The molecule has 1 saturated heterocycles. The Morgan fingerprint density at radius 2 is 1.60 bits per heavy atom. The molecule has 190 valence electrons. The molecule has 3 rings (SSSR count). The molecule has 2 heterocycles. The minimum Gasteiger partial charge on any atom is -0.463 e. The van der Waals surface area contributed by atoms with Gasteiger partial charge >= 0.3 is 17.9 Å². The van der Waals surface area contributed by atoms with Gasteiger partial charge in [-0.3, -0.25) is 14.4 Å². The van der Waals surface area contributed by atoms with E-state index in [0.29, 0.717) is 0 Å². The molecule has 13 heteroatoms. The number of thiazole rings is 1. The number of carbonyl (C=O) groups excluding carboxylic acids is 3. The van der Waals surface area contributed by atoms with Crippen LogP contribution in [0, 0.1) is 17.5 Å². The Bertz CT molecular complexity index is 1090. The fourth-order valence-corrected chi connectivity index (χ4v) is 4.65. The third kappa shape index (κ3) is 6.16. The van der Waals surface area contributed by atoms with Crippen LogP contribution in [0.2, 0.25) is 0 Å². The molecular weight excluding hydrogens is 495 g/mol. The summed E-state index contributed by atoms with van der Waals surface area (Å²) in [4.78, 5) is 39.6. The molecule has 5 atom stereocenters. The van der Waals surface area contributed by atoms with Crippen molar-refractivity contribution in [1.82, 2.24) is 4.98 Å². The fraction of sp³-hybridized carbons (Fsp3) is 0.455. The molecule has 1 aromatic heterocycles. The lowest BCUT2D eigenvalue weighted by Crippen LogP contribution is -2.57. The highest BCUT2D eigenvalue weighted by molar-refractivity contribution is 7.10. The normalized spacial score (nSPS) is 24.0. The molecule has 2 aromatic rings. The van der Waals surface area contributed by atoms with E-state index in [9.17, 15) is 27.6 Å². The number of aromatic nitrogens is 1. The first kappa shape index (κ1) is 26.6. The van der Waals surface area contributed by atoms with E-state index in [2.05, 4.69) is 4.98 Å². The van der Waals surface area contributed by atoms with Crippen LogP contribution in [0.1, 0.15) is 31.7 Å². The first-order chi connectivity index (χ1) is 16.5. The lowest BCUT2D eigenvalue weighted by molar-refractivity contribution is -0.277. The van der Waals surface area contributed by atoms with Crippen LogP contribution in [0.25, 0.3) is 11.3 Å². The van der Waals surface area contributed by atoms with E-state index < -0.39 is 65.9 Å². The first-order valence-electron chi connectivity index (χ1n) is 10.3. The quantitative estimate of drug-likeness (QED) is 0.311. The molecule has 1 aliphatic rings. The largest absolute Gasteiger partial charge is 0.463 e. The van der Waals surface area contributed by atoms with E-state index in [1.54, 1.807) is 0 Å². The molecular formula is C22H22F3NO8S. The van der Waals surface area contributed by atoms with Crippen molar-refractivity contribution in [2.75, 3.05) is 13.7 Å². The summed E-state index contributed by atoms with van der Waals surface area (Å²) < 4.78 is 68.0. The first-order valence-corrected chi connectivity index (χ1v) is 11.2. The van der Waals surface area contributed by atoms with E-state index in [-0.39, 0.29) is 22.9 Å².